The first-order valence-corrected chi connectivity index (χ1v) is 3.25. The zero-order chi connectivity index (χ0) is 7.98. The molecule has 0 radical (unpaired) electrons. The maximum atomic E-state index is 10.7. The van der Waals surface area contributed by atoms with E-state index in [-0.39, 0.29) is 24.6 Å². The average Bonchev–Trinajstić information content (AvgIpc) is 1.82. The van der Waals surface area contributed by atoms with Crippen molar-refractivity contribution in [3.8, 4) is 0 Å². The van der Waals surface area contributed by atoms with E-state index in [1.54, 1.807) is 6.92 Å². The van der Waals surface area contributed by atoms with Gasteiger partial charge in [-0.05, 0) is 13.8 Å². The van der Waals surface area contributed by atoms with Crippen molar-refractivity contribution in [1.29, 1.82) is 0 Å². The standard InChI is InChI=1S/C7H12O3/c1-3-10-5-7(9)4-6(2)8/h3-5H2,1-2H3. The van der Waals surface area contributed by atoms with E-state index in [9.17, 15) is 9.59 Å². The van der Waals surface area contributed by atoms with Gasteiger partial charge in [-0.15, -0.1) is 0 Å². The average molecular weight is 144 g/mol. The minimum atomic E-state index is -0.144. The summed E-state index contributed by atoms with van der Waals surface area (Å²) in [6.45, 7) is 3.78. The number of hydrogen-bond acceptors (Lipinski definition) is 3. The summed E-state index contributed by atoms with van der Waals surface area (Å²) in [6.07, 6.45) is -0.000000000000000222. The van der Waals surface area contributed by atoms with E-state index in [0.717, 1.165) is 0 Å². The second-order valence-electron chi connectivity index (χ2n) is 2.05. The molecule has 0 aliphatic heterocycles. The van der Waals surface area contributed by atoms with Crippen molar-refractivity contribution in [2.24, 2.45) is 0 Å². The molecular weight excluding hydrogens is 132 g/mol. The Bertz CT molecular complexity index is 129. The molecule has 0 rings (SSSR count). The van der Waals surface area contributed by atoms with Crippen LogP contribution in [0, 0.1) is 0 Å². The number of carbonyl (C=O) groups is 2. The van der Waals surface area contributed by atoms with Crippen LogP contribution in [0.15, 0.2) is 0 Å². The van der Waals surface area contributed by atoms with Crippen LogP contribution in [0.1, 0.15) is 20.3 Å². The van der Waals surface area contributed by atoms with Crippen molar-refractivity contribution < 1.29 is 14.3 Å². The molecule has 0 unspecified atom stereocenters. The third kappa shape index (κ3) is 5.44. The second-order valence-corrected chi connectivity index (χ2v) is 2.05. The Labute approximate surface area is 60.4 Å². The molecule has 0 aliphatic carbocycles. The van der Waals surface area contributed by atoms with E-state index in [0.29, 0.717) is 6.61 Å². The minimum absolute atomic E-state index is 0.000000000000000222. The third-order valence-electron chi connectivity index (χ3n) is 0.913. The topological polar surface area (TPSA) is 43.4 Å². The fourth-order valence-electron chi connectivity index (χ4n) is 0.545. The lowest BCUT2D eigenvalue weighted by Gasteiger charge is -1.96. The Balaban J connectivity index is 3.35. The van der Waals surface area contributed by atoms with Gasteiger partial charge in [-0.1, -0.05) is 0 Å². The number of rotatable bonds is 5. The lowest BCUT2D eigenvalue weighted by molar-refractivity contribution is -0.128. The molecule has 0 aliphatic rings. The van der Waals surface area contributed by atoms with Crippen LogP contribution in [0.4, 0.5) is 0 Å². The van der Waals surface area contributed by atoms with E-state index in [4.69, 9.17) is 4.74 Å². The van der Waals surface area contributed by atoms with Crippen LogP contribution < -0.4 is 0 Å². The summed E-state index contributed by atoms with van der Waals surface area (Å²) in [5, 5.41) is 0. The van der Waals surface area contributed by atoms with Gasteiger partial charge in [0.05, 0.1) is 6.42 Å². The molecule has 0 aromatic carbocycles. The molecule has 10 heavy (non-hydrogen) atoms. The quantitative estimate of drug-likeness (QED) is 0.530. The van der Waals surface area contributed by atoms with Gasteiger partial charge in [0.1, 0.15) is 12.4 Å². The Morgan fingerprint density at radius 2 is 2.00 bits per heavy atom. The molecule has 0 N–H and O–H groups in total. The van der Waals surface area contributed by atoms with Crippen LogP contribution >= 0.6 is 0 Å². The molecule has 3 nitrogen and oxygen atoms in total. The summed E-state index contributed by atoms with van der Waals surface area (Å²) in [6, 6.07) is 0. The Kier molecular flexibility index (Phi) is 4.76. The first-order chi connectivity index (χ1) is 4.66. The van der Waals surface area contributed by atoms with Gasteiger partial charge in [-0.2, -0.15) is 0 Å². The molecule has 0 saturated heterocycles. The monoisotopic (exact) mass is 144 g/mol. The normalized spacial score (nSPS) is 9.40. The SMILES string of the molecule is CCOCC(=O)CC(C)=O. The van der Waals surface area contributed by atoms with Crippen LogP contribution in [-0.4, -0.2) is 24.8 Å². The molecule has 0 amide bonds. The van der Waals surface area contributed by atoms with Gasteiger partial charge in [0.15, 0.2) is 5.78 Å². The Hall–Kier alpha value is -0.700. The van der Waals surface area contributed by atoms with Crippen molar-refractivity contribution in [2.75, 3.05) is 13.2 Å². The van der Waals surface area contributed by atoms with Crippen molar-refractivity contribution in [1.82, 2.24) is 0 Å². The van der Waals surface area contributed by atoms with Crippen molar-refractivity contribution in [3.63, 3.8) is 0 Å². The molecule has 0 fully saturated rings. The highest BCUT2D eigenvalue weighted by molar-refractivity contribution is 5.98. The number of Topliss-reactive ketones (excluding diaryl/α,β-unsaturated/α-hetero) is 2. The van der Waals surface area contributed by atoms with Crippen molar-refractivity contribution >= 4 is 11.6 Å². The molecule has 58 valence electrons. The lowest BCUT2D eigenvalue weighted by atomic mass is 10.2. The highest BCUT2D eigenvalue weighted by Gasteiger charge is 2.03. The summed E-state index contributed by atoms with van der Waals surface area (Å²) in [5.41, 5.74) is 0. The van der Waals surface area contributed by atoms with Crippen molar-refractivity contribution in [3.05, 3.63) is 0 Å². The number of ketones is 2. The molecule has 0 saturated carbocycles. The van der Waals surface area contributed by atoms with Gasteiger partial charge in [-0.25, -0.2) is 0 Å². The molecule has 0 atom stereocenters. The van der Waals surface area contributed by atoms with Gasteiger partial charge in [0.25, 0.3) is 0 Å². The van der Waals surface area contributed by atoms with E-state index in [1.165, 1.54) is 6.92 Å². The fourth-order valence-corrected chi connectivity index (χ4v) is 0.545. The zero-order valence-corrected chi connectivity index (χ0v) is 6.35. The Morgan fingerprint density at radius 1 is 1.40 bits per heavy atom. The predicted molar refractivity (Wildman–Crippen MR) is 36.8 cm³/mol. The van der Waals surface area contributed by atoms with Crippen LogP contribution in [0.5, 0.6) is 0 Å². The summed E-state index contributed by atoms with van der Waals surface area (Å²) in [7, 11) is 0. The first kappa shape index (κ1) is 9.30. The maximum absolute atomic E-state index is 10.7. The molecule has 0 bridgehead atoms. The van der Waals surface area contributed by atoms with Gasteiger partial charge < -0.3 is 4.74 Å². The molecule has 3 heteroatoms. The highest BCUT2D eigenvalue weighted by Crippen LogP contribution is 1.85. The summed E-state index contributed by atoms with van der Waals surface area (Å²) >= 11 is 0. The smallest absolute Gasteiger partial charge is 0.165 e. The van der Waals surface area contributed by atoms with E-state index < -0.39 is 0 Å². The largest absolute Gasteiger partial charge is 0.374 e. The molecular formula is C7H12O3. The lowest BCUT2D eigenvalue weighted by Crippen LogP contribution is -2.11. The minimum Gasteiger partial charge on any atom is -0.374 e. The molecule has 0 aromatic heterocycles. The van der Waals surface area contributed by atoms with Crippen LogP contribution in [0.2, 0.25) is 0 Å². The van der Waals surface area contributed by atoms with E-state index in [1.807, 2.05) is 0 Å². The van der Waals surface area contributed by atoms with Crippen LogP contribution in [-0.2, 0) is 14.3 Å². The van der Waals surface area contributed by atoms with Crippen LogP contribution in [0.25, 0.3) is 0 Å². The summed E-state index contributed by atoms with van der Waals surface area (Å²) in [4.78, 5) is 21.0. The maximum Gasteiger partial charge on any atom is 0.165 e. The predicted octanol–water partition coefficient (Wildman–Crippen LogP) is 0.571. The van der Waals surface area contributed by atoms with E-state index >= 15 is 0 Å². The fraction of sp³-hybridized carbons (Fsp3) is 0.714. The van der Waals surface area contributed by atoms with Gasteiger partial charge >= 0.3 is 0 Å². The third-order valence-corrected chi connectivity index (χ3v) is 0.913. The first-order valence-electron chi connectivity index (χ1n) is 3.25. The van der Waals surface area contributed by atoms with Gasteiger partial charge in [0, 0.05) is 6.61 Å². The molecule has 0 spiro atoms. The number of carbonyl (C=O) groups excluding carboxylic acids is 2. The number of ether oxygens (including phenoxy) is 1. The zero-order valence-electron chi connectivity index (χ0n) is 6.35. The highest BCUT2D eigenvalue weighted by atomic mass is 16.5. The number of hydrogen-bond donors (Lipinski definition) is 0. The van der Waals surface area contributed by atoms with Gasteiger partial charge in [0.2, 0.25) is 0 Å². The Morgan fingerprint density at radius 3 is 2.40 bits per heavy atom. The van der Waals surface area contributed by atoms with Gasteiger partial charge in [-0.3, -0.25) is 9.59 Å². The molecule has 0 heterocycles. The summed E-state index contributed by atoms with van der Waals surface area (Å²) in [5.74, 6) is -0.251. The van der Waals surface area contributed by atoms with Crippen molar-refractivity contribution in [2.45, 2.75) is 20.3 Å². The van der Waals surface area contributed by atoms with E-state index in [2.05, 4.69) is 0 Å². The molecule has 0 aromatic rings. The van der Waals surface area contributed by atoms with Crippen LogP contribution in [0.3, 0.4) is 0 Å². The summed E-state index contributed by atoms with van der Waals surface area (Å²) < 4.78 is 4.79. The second kappa shape index (κ2) is 5.11.